The summed E-state index contributed by atoms with van der Waals surface area (Å²) in [4.78, 5) is 23.9. The maximum atomic E-state index is 13.4. The third kappa shape index (κ3) is 3.69. The maximum Gasteiger partial charge on any atom is 0.329 e. The summed E-state index contributed by atoms with van der Waals surface area (Å²) in [5.41, 5.74) is 0.239. The molecule has 21 heavy (non-hydrogen) atoms. The van der Waals surface area contributed by atoms with Crippen molar-refractivity contribution in [1.29, 1.82) is 0 Å². The Balaban J connectivity index is 1.86. The van der Waals surface area contributed by atoms with E-state index in [0.29, 0.717) is 24.3 Å². The van der Waals surface area contributed by atoms with E-state index < -0.39 is 18.2 Å². The molecular formula is C14H17FN2O4. The minimum Gasteiger partial charge on any atom is -0.480 e. The van der Waals surface area contributed by atoms with Gasteiger partial charge in [-0.1, -0.05) is 6.07 Å². The molecular weight excluding hydrogens is 279 g/mol. The quantitative estimate of drug-likeness (QED) is 0.888. The lowest BCUT2D eigenvalue weighted by molar-refractivity contribution is -0.159. The Morgan fingerprint density at radius 1 is 1.48 bits per heavy atom. The molecule has 0 spiro atoms. The summed E-state index contributed by atoms with van der Waals surface area (Å²) < 4.78 is 18.6. The van der Waals surface area contributed by atoms with E-state index in [2.05, 4.69) is 5.32 Å². The van der Waals surface area contributed by atoms with Gasteiger partial charge in [-0.25, -0.2) is 14.0 Å². The molecule has 1 aromatic rings. The summed E-state index contributed by atoms with van der Waals surface area (Å²) in [5.74, 6) is -1.43. The van der Waals surface area contributed by atoms with E-state index in [4.69, 9.17) is 9.84 Å². The number of aliphatic carboxylic acids is 1. The molecule has 0 aliphatic carbocycles. The van der Waals surface area contributed by atoms with E-state index >= 15 is 0 Å². The number of aryl methyl sites for hydroxylation is 1. The predicted octanol–water partition coefficient (Wildman–Crippen LogP) is 1.84. The first kappa shape index (κ1) is 15.2. The number of halogens is 1. The zero-order valence-electron chi connectivity index (χ0n) is 11.9. The Morgan fingerprint density at radius 3 is 2.71 bits per heavy atom. The van der Waals surface area contributed by atoms with E-state index in [1.54, 1.807) is 26.0 Å². The SMILES string of the molecule is Cc1ccc(NC(=O)N2CC(C)(OCC(=O)O)C2)cc1F. The van der Waals surface area contributed by atoms with E-state index in [0.717, 1.165) is 0 Å². The minimum absolute atomic E-state index is 0.292. The van der Waals surface area contributed by atoms with Crippen molar-refractivity contribution in [3.05, 3.63) is 29.6 Å². The first-order valence-electron chi connectivity index (χ1n) is 6.47. The molecule has 0 atom stereocenters. The fraction of sp³-hybridized carbons (Fsp3) is 0.429. The lowest BCUT2D eigenvalue weighted by Crippen LogP contribution is -2.64. The van der Waals surface area contributed by atoms with Gasteiger partial charge in [0.25, 0.3) is 0 Å². The average Bonchev–Trinajstić information content (AvgIpc) is 2.37. The van der Waals surface area contributed by atoms with Gasteiger partial charge in [0.1, 0.15) is 18.0 Å². The highest BCUT2D eigenvalue weighted by atomic mass is 19.1. The van der Waals surface area contributed by atoms with Crippen LogP contribution in [0.15, 0.2) is 18.2 Å². The summed E-state index contributed by atoms with van der Waals surface area (Å²) in [5, 5.41) is 11.2. The van der Waals surface area contributed by atoms with Crippen molar-refractivity contribution in [3.63, 3.8) is 0 Å². The number of nitrogens with zero attached hydrogens (tertiary/aromatic N) is 1. The first-order valence-corrected chi connectivity index (χ1v) is 6.47. The molecule has 7 heteroatoms. The van der Waals surface area contributed by atoms with E-state index in [1.807, 2.05) is 0 Å². The second-order valence-corrected chi connectivity index (χ2v) is 5.38. The van der Waals surface area contributed by atoms with Crippen molar-refractivity contribution >= 4 is 17.7 Å². The normalized spacial score (nSPS) is 16.2. The number of carboxylic acids is 1. The van der Waals surface area contributed by atoms with Crippen LogP contribution in [0.3, 0.4) is 0 Å². The number of carboxylic acid groups (broad SMARTS) is 1. The molecule has 1 aliphatic rings. The molecule has 2 rings (SSSR count). The lowest BCUT2D eigenvalue weighted by Gasteiger charge is -2.46. The van der Waals surface area contributed by atoms with Crippen LogP contribution in [-0.2, 0) is 9.53 Å². The summed E-state index contributed by atoms with van der Waals surface area (Å²) in [6, 6.07) is 4.10. The number of carbonyl (C=O) groups is 2. The summed E-state index contributed by atoms with van der Waals surface area (Å²) in [7, 11) is 0. The number of benzene rings is 1. The minimum atomic E-state index is -1.05. The molecule has 1 aliphatic heterocycles. The van der Waals surface area contributed by atoms with Gasteiger partial charge in [0.2, 0.25) is 0 Å². The number of nitrogens with one attached hydrogen (secondary N) is 1. The summed E-state index contributed by atoms with van der Waals surface area (Å²) in [6.07, 6.45) is 0. The second-order valence-electron chi connectivity index (χ2n) is 5.38. The van der Waals surface area contributed by atoms with Gasteiger partial charge in [-0.2, -0.15) is 0 Å². The topological polar surface area (TPSA) is 78.9 Å². The van der Waals surface area contributed by atoms with Crippen molar-refractivity contribution in [2.24, 2.45) is 0 Å². The number of likely N-dealkylation sites (tertiary alicyclic amines) is 1. The Kier molecular flexibility index (Phi) is 4.13. The van der Waals surface area contributed by atoms with Crippen LogP contribution in [0.25, 0.3) is 0 Å². The van der Waals surface area contributed by atoms with Gasteiger partial charge in [-0.05, 0) is 31.5 Å². The van der Waals surface area contributed by atoms with Crippen molar-refractivity contribution in [1.82, 2.24) is 4.90 Å². The zero-order chi connectivity index (χ0) is 15.6. The molecule has 0 aromatic heterocycles. The number of hydrogen-bond donors (Lipinski definition) is 2. The number of carbonyl (C=O) groups excluding carboxylic acids is 1. The highest BCUT2D eigenvalue weighted by Gasteiger charge is 2.42. The molecule has 114 valence electrons. The average molecular weight is 296 g/mol. The Hall–Kier alpha value is -2.15. The van der Waals surface area contributed by atoms with Crippen LogP contribution in [0, 0.1) is 12.7 Å². The third-order valence-electron chi connectivity index (χ3n) is 3.31. The molecule has 0 unspecified atom stereocenters. The van der Waals surface area contributed by atoms with Crippen molar-refractivity contribution in [3.8, 4) is 0 Å². The van der Waals surface area contributed by atoms with Crippen molar-refractivity contribution in [2.75, 3.05) is 25.0 Å². The second kappa shape index (κ2) is 5.69. The monoisotopic (exact) mass is 296 g/mol. The van der Waals surface area contributed by atoms with Gasteiger partial charge in [0.05, 0.1) is 13.1 Å². The van der Waals surface area contributed by atoms with Crippen LogP contribution < -0.4 is 5.32 Å². The van der Waals surface area contributed by atoms with Gasteiger partial charge < -0.3 is 20.1 Å². The number of urea groups is 1. The fourth-order valence-corrected chi connectivity index (χ4v) is 2.11. The van der Waals surface area contributed by atoms with Crippen molar-refractivity contribution < 1.29 is 23.8 Å². The van der Waals surface area contributed by atoms with Crippen LogP contribution >= 0.6 is 0 Å². The van der Waals surface area contributed by atoms with Gasteiger partial charge in [0, 0.05) is 5.69 Å². The molecule has 2 N–H and O–H groups in total. The van der Waals surface area contributed by atoms with Gasteiger partial charge in [0.15, 0.2) is 0 Å². The highest BCUT2D eigenvalue weighted by molar-refractivity contribution is 5.90. The van der Waals surface area contributed by atoms with Crippen LogP contribution in [0.1, 0.15) is 12.5 Å². The molecule has 1 saturated heterocycles. The molecule has 0 saturated carbocycles. The molecule has 0 radical (unpaired) electrons. The molecule has 2 amide bonds. The zero-order valence-corrected chi connectivity index (χ0v) is 11.9. The third-order valence-corrected chi connectivity index (χ3v) is 3.31. The van der Waals surface area contributed by atoms with E-state index in [9.17, 15) is 14.0 Å². The lowest BCUT2D eigenvalue weighted by atomic mass is 9.97. The summed E-state index contributed by atoms with van der Waals surface area (Å²) in [6.45, 7) is 3.57. The van der Waals surface area contributed by atoms with Gasteiger partial charge in [-0.15, -0.1) is 0 Å². The van der Waals surface area contributed by atoms with Crippen LogP contribution in [0.4, 0.5) is 14.9 Å². The number of anilines is 1. The number of amides is 2. The van der Waals surface area contributed by atoms with E-state index in [-0.39, 0.29) is 11.8 Å². The standard InChI is InChI=1S/C14H17FN2O4/c1-9-3-4-10(5-11(9)15)16-13(20)17-7-14(2,8-17)21-6-12(18)19/h3-5H,6-8H2,1-2H3,(H,16,20)(H,18,19). The van der Waals surface area contributed by atoms with Crippen molar-refractivity contribution in [2.45, 2.75) is 19.4 Å². The van der Waals surface area contributed by atoms with Crippen LogP contribution in [0.5, 0.6) is 0 Å². The van der Waals surface area contributed by atoms with E-state index in [1.165, 1.54) is 11.0 Å². The molecule has 1 fully saturated rings. The fourth-order valence-electron chi connectivity index (χ4n) is 2.11. The molecule has 1 aromatic carbocycles. The van der Waals surface area contributed by atoms with Gasteiger partial charge >= 0.3 is 12.0 Å². The van der Waals surface area contributed by atoms with Crippen LogP contribution in [-0.4, -0.2) is 47.3 Å². The molecule has 0 bridgehead atoms. The highest BCUT2D eigenvalue weighted by Crippen LogP contribution is 2.25. The Bertz CT molecular complexity index is 570. The first-order chi connectivity index (χ1) is 9.79. The van der Waals surface area contributed by atoms with Crippen LogP contribution in [0.2, 0.25) is 0 Å². The number of rotatable bonds is 4. The number of hydrogen-bond acceptors (Lipinski definition) is 3. The molecule has 1 heterocycles. The Morgan fingerprint density at radius 2 is 2.14 bits per heavy atom. The smallest absolute Gasteiger partial charge is 0.329 e. The number of ether oxygens (including phenoxy) is 1. The predicted molar refractivity (Wildman–Crippen MR) is 73.7 cm³/mol. The Labute approximate surface area is 121 Å². The largest absolute Gasteiger partial charge is 0.480 e. The van der Waals surface area contributed by atoms with Gasteiger partial charge in [-0.3, -0.25) is 0 Å². The maximum absolute atomic E-state index is 13.4. The molecule has 6 nitrogen and oxygen atoms in total. The summed E-state index contributed by atoms with van der Waals surface area (Å²) >= 11 is 0.